The summed E-state index contributed by atoms with van der Waals surface area (Å²) in [6, 6.07) is 5.95. The van der Waals surface area contributed by atoms with E-state index in [0.29, 0.717) is 25.1 Å². The molecule has 1 aromatic carbocycles. The lowest BCUT2D eigenvalue weighted by Gasteiger charge is -2.36. The smallest absolute Gasteiger partial charge is 0.328 e. The number of imide groups is 1. The highest BCUT2D eigenvalue weighted by molar-refractivity contribution is 6.10. The zero-order valence-electron chi connectivity index (χ0n) is 15.6. The molecule has 1 saturated heterocycles. The van der Waals surface area contributed by atoms with Crippen LogP contribution < -0.4 is 5.11 Å². The van der Waals surface area contributed by atoms with Crippen molar-refractivity contribution in [3.05, 3.63) is 35.5 Å². The van der Waals surface area contributed by atoms with Gasteiger partial charge in [-0.1, -0.05) is 38.5 Å². The van der Waals surface area contributed by atoms with Crippen LogP contribution in [0.1, 0.15) is 38.4 Å². The molecule has 4 rings (SSSR count). The summed E-state index contributed by atoms with van der Waals surface area (Å²) >= 11 is 0. The molecule has 2 aromatic rings. The number of carbonyl (C=O) groups is 3. The van der Waals surface area contributed by atoms with E-state index in [4.69, 9.17) is 0 Å². The monoisotopic (exact) mass is 368 g/mol. The van der Waals surface area contributed by atoms with Crippen LogP contribution in [0.2, 0.25) is 0 Å². The third-order valence-corrected chi connectivity index (χ3v) is 6.20. The van der Waals surface area contributed by atoms with Crippen LogP contribution in [0, 0.1) is 5.92 Å². The van der Waals surface area contributed by atoms with Gasteiger partial charge in [-0.15, -0.1) is 0 Å². The lowest BCUT2D eigenvalue weighted by molar-refractivity contribution is -0.312. The fourth-order valence-electron chi connectivity index (χ4n) is 4.48. The lowest BCUT2D eigenvalue weighted by Crippen LogP contribution is -2.54. The predicted octanol–water partition coefficient (Wildman–Crippen LogP) is 1.37. The van der Waals surface area contributed by atoms with Gasteiger partial charge in [0.05, 0.1) is 17.7 Å². The van der Waals surface area contributed by atoms with Gasteiger partial charge in [0.1, 0.15) is 0 Å². The summed E-state index contributed by atoms with van der Waals surface area (Å²) < 4.78 is 0. The number of hydrogen-bond acceptors (Lipinski definition) is 4. The Hall–Kier alpha value is -2.83. The first-order valence-electron chi connectivity index (χ1n) is 9.28. The van der Waals surface area contributed by atoms with Gasteiger partial charge >= 0.3 is 6.03 Å². The average Bonchev–Trinajstić information content (AvgIpc) is 3.12. The van der Waals surface area contributed by atoms with E-state index in [2.05, 4.69) is 4.98 Å². The normalized spacial score (nSPS) is 24.1. The molecule has 0 saturated carbocycles. The predicted molar refractivity (Wildman–Crippen MR) is 96.6 cm³/mol. The Bertz CT molecular complexity index is 965. The van der Waals surface area contributed by atoms with Crippen LogP contribution in [0.3, 0.4) is 0 Å². The molecule has 1 fully saturated rings. The summed E-state index contributed by atoms with van der Waals surface area (Å²) in [5.74, 6) is -2.30. The summed E-state index contributed by atoms with van der Waals surface area (Å²) in [7, 11) is 0. The van der Waals surface area contributed by atoms with Crippen molar-refractivity contribution in [2.24, 2.45) is 5.92 Å². The molecule has 0 aliphatic carbocycles. The first kappa shape index (κ1) is 17.6. The number of fused-ring (bicyclic) bond motifs is 5. The Balaban J connectivity index is 1.87. The molecule has 7 nitrogen and oxygen atoms in total. The van der Waals surface area contributed by atoms with E-state index in [-0.39, 0.29) is 0 Å². The number of urea groups is 1. The maximum absolute atomic E-state index is 13.4. The number of aromatic amines is 1. The van der Waals surface area contributed by atoms with Crippen molar-refractivity contribution >= 4 is 28.8 Å². The van der Waals surface area contributed by atoms with Crippen LogP contribution >= 0.6 is 0 Å². The van der Waals surface area contributed by atoms with Gasteiger partial charge in [-0.05, 0) is 30.9 Å². The van der Waals surface area contributed by atoms with Gasteiger partial charge in [-0.2, -0.15) is 0 Å². The SMILES string of the molecule is CC[C@@H](C)[C@@H](C(=O)[O-])N1C(=O)N2CCc3c([nH]c4ccccc34)[C@]2(C)C1=O. The molecular formula is C20H22N3O4-. The minimum absolute atomic E-state index is 0.368. The molecule has 2 aliphatic rings. The van der Waals surface area contributed by atoms with Crippen molar-refractivity contribution in [2.75, 3.05) is 6.54 Å². The number of H-pyrrole nitrogens is 1. The third kappa shape index (κ3) is 2.17. The molecule has 1 aromatic heterocycles. The molecule has 3 atom stereocenters. The highest BCUT2D eigenvalue weighted by Gasteiger charge is 2.60. The van der Waals surface area contributed by atoms with Gasteiger partial charge in [-0.25, -0.2) is 4.79 Å². The minimum atomic E-state index is -1.40. The fourth-order valence-corrected chi connectivity index (χ4v) is 4.48. The van der Waals surface area contributed by atoms with Gasteiger partial charge in [0.25, 0.3) is 5.91 Å². The Morgan fingerprint density at radius 2 is 2.04 bits per heavy atom. The maximum atomic E-state index is 13.4. The first-order chi connectivity index (χ1) is 12.8. The largest absolute Gasteiger partial charge is 0.548 e. The Morgan fingerprint density at radius 1 is 1.33 bits per heavy atom. The lowest BCUT2D eigenvalue weighted by atomic mass is 9.86. The van der Waals surface area contributed by atoms with Gasteiger partial charge in [0.15, 0.2) is 5.54 Å². The van der Waals surface area contributed by atoms with Crippen molar-refractivity contribution in [1.29, 1.82) is 0 Å². The van der Waals surface area contributed by atoms with Crippen molar-refractivity contribution in [3.63, 3.8) is 0 Å². The van der Waals surface area contributed by atoms with E-state index in [0.717, 1.165) is 21.4 Å². The van der Waals surface area contributed by atoms with Gasteiger partial charge < -0.3 is 19.8 Å². The Kier molecular flexibility index (Phi) is 3.80. The Labute approximate surface area is 156 Å². The number of carboxylic acid groups (broad SMARTS) is 1. The van der Waals surface area contributed by atoms with Crippen LogP contribution in [0.25, 0.3) is 10.9 Å². The third-order valence-electron chi connectivity index (χ3n) is 6.20. The minimum Gasteiger partial charge on any atom is -0.548 e. The van der Waals surface area contributed by atoms with Crippen molar-refractivity contribution in [1.82, 2.24) is 14.8 Å². The fraction of sp³-hybridized carbons (Fsp3) is 0.450. The summed E-state index contributed by atoms with van der Waals surface area (Å²) in [5.41, 5.74) is 1.37. The van der Waals surface area contributed by atoms with Gasteiger partial charge in [0.2, 0.25) is 0 Å². The van der Waals surface area contributed by atoms with E-state index >= 15 is 0 Å². The summed E-state index contributed by atoms with van der Waals surface area (Å²) in [4.78, 5) is 44.0. The van der Waals surface area contributed by atoms with Crippen molar-refractivity contribution < 1.29 is 19.5 Å². The zero-order valence-corrected chi connectivity index (χ0v) is 15.6. The molecule has 27 heavy (non-hydrogen) atoms. The number of nitrogens with zero attached hydrogens (tertiary/aromatic N) is 2. The molecule has 1 N–H and O–H groups in total. The van der Waals surface area contributed by atoms with Crippen LogP contribution in [-0.4, -0.2) is 45.3 Å². The van der Waals surface area contributed by atoms with E-state index in [1.54, 1.807) is 13.8 Å². The summed E-state index contributed by atoms with van der Waals surface area (Å²) in [6.07, 6.45) is 1.13. The standard InChI is InChI=1S/C20H23N3O4/c1-4-11(2)15(17(24)25)23-18(26)20(3)16-13(9-10-22(20)19(23)27)12-7-5-6-8-14(12)21-16/h5-8,11,15,21H,4,9-10H2,1-3H3,(H,24,25)/p-1/t11-,15+,20-/m1/s1. The van der Waals surface area contributed by atoms with Crippen LogP contribution in [0.15, 0.2) is 24.3 Å². The molecule has 142 valence electrons. The van der Waals surface area contributed by atoms with Crippen LogP contribution in [0.5, 0.6) is 0 Å². The number of para-hydroxylation sites is 1. The van der Waals surface area contributed by atoms with E-state index < -0.39 is 35.4 Å². The second-order valence-corrected chi connectivity index (χ2v) is 7.61. The number of rotatable bonds is 4. The average molecular weight is 368 g/mol. The molecule has 2 aliphatic heterocycles. The second kappa shape index (κ2) is 5.84. The van der Waals surface area contributed by atoms with Crippen molar-refractivity contribution in [3.8, 4) is 0 Å². The number of aromatic nitrogens is 1. The summed E-state index contributed by atoms with van der Waals surface area (Å²) in [5, 5.41) is 12.8. The molecule has 0 radical (unpaired) electrons. The second-order valence-electron chi connectivity index (χ2n) is 7.61. The number of amides is 3. The highest BCUT2D eigenvalue weighted by atomic mass is 16.4. The number of carboxylic acids is 1. The number of hydrogen-bond donors (Lipinski definition) is 1. The van der Waals surface area contributed by atoms with Crippen LogP contribution in [0.4, 0.5) is 4.79 Å². The molecule has 3 amide bonds. The summed E-state index contributed by atoms with van der Waals surface area (Å²) in [6.45, 7) is 5.61. The van der Waals surface area contributed by atoms with Gasteiger partial charge in [-0.3, -0.25) is 9.69 Å². The maximum Gasteiger partial charge on any atom is 0.328 e. The van der Waals surface area contributed by atoms with Gasteiger partial charge in [0, 0.05) is 17.4 Å². The van der Waals surface area contributed by atoms with E-state index in [9.17, 15) is 19.5 Å². The highest BCUT2D eigenvalue weighted by Crippen LogP contribution is 2.45. The molecule has 0 unspecified atom stereocenters. The number of carbonyl (C=O) groups excluding carboxylic acids is 3. The van der Waals surface area contributed by atoms with E-state index in [1.165, 1.54) is 4.90 Å². The topological polar surface area (TPSA) is 96.5 Å². The molecule has 7 heteroatoms. The molecule has 0 spiro atoms. The Morgan fingerprint density at radius 3 is 2.70 bits per heavy atom. The van der Waals surface area contributed by atoms with Crippen LogP contribution in [-0.2, 0) is 21.5 Å². The van der Waals surface area contributed by atoms with Crippen molar-refractivity contribution in [2.45, 2.75) is 45.2 Å². The molecule has 0 bridgehead atoms. The molecule has 3 heterocycles. The number of nitrogens with one attached hydrogen (secondary N) is 1. The zero-order chi connectivity index (χ0) is 19.5. The number of benzene rings is 1. The quantitative estimate of drug-likeness (QED) is 0.824. The van der Waals surface area contributed by atoms with E-state index in [1.807, 2.05) is 31.2 Å². The first-order valence-corrected chi connectivity index (χ1v) is 9.28. The number of aliphatic carboxylic acids is 1. The molecular weight excluding hydrogens is 346 g/mol.